The molecule has 0 radical (unpaired) electrons. The summed E-state index contributed by atoms with van der Waals surface area (Å²) in [4.78, 5) is 25.8. The van der Waals surface area contributed by atoms with Crippen molar-refractivity contribution in [1.29, 1.82) is 0 Å². The summed E-state index contributed by atoms with van der Waals surface area (Å²) < 4.78 is 3.55. The fourth-order valence-electron chi connectivity index (χ4n) is 3.97. The lowest BCUT2D eigenvalue weighted by Crippen LogP contribution is -2.01. The van der Waals surface area contributed by atoms with Crippen LogP contribution in [0.25, 0.3) is 40.3 Å². The summed E-state index contributed by atoms with van der Waals surface area (Å²) in [7, 11) is 0. The van der Waals surface area contributed by atoms with E-state index in [1.165, 1.54) is 11.3 Å². The van der Waals surface area contributed by atoms with E-state index in [2.05, 4.69) is 26.5 Å². The number of halogens is 3. The zero-order chi connectivity index (χ0) is 29.8. The van der Waals surface area contributed by atoms with Gasteiger partial charge in [0, 0.05) is 41.1 Å². The highest BCUT2D eigenvalue weighted by atomic mass is 35.5. The minimum Gasteiger partial charge on any atom is -0.289 e. The summed E-state index contributed by atoms with van der Waals surface area (Å²) in [5.41, 5.74) is 0.0743. The molecule has 0 unspecified atom stereocenters. The van der Waals surface area contributed by atoms with Gasteiger partial charge in [-0.25, -0.2) is 0 Å². The number of fused-ring (bicyclic) bond motifs is 4. The van der Waals surface area contributed by atoms with Gasteiger partial charge in [-0.3, -0.25) is 9.59 Å². The van der Waals surface area contributed by atoms with E-state index in [-0.39, 0.29) is 10.9 Å². The van der Waals surface area contributed by atoms with Gasteiger partial charge in [-0.1, -0.05) is 86.8 Å². The zero-order valence-electron chi connectivity index (χ0n) is 22.7. The number of hydrogen-bond acceptors (Lipinski definition) is 6. The molecule has 0 saturated carbocycles. The van der Waals surface area contributed by atoms with Crippen molar-refractivity contribution in [2.75, 3.05) is 0 Å². The Bertz CT molecular complexity index is 1980. The molecule has 0 aliphatic carbocycles. The van der Waals surface area contributed by atoms with E-state index in [1.54, 1.807) is 35.2 Å². The van der Waals surface area contributed by atoms with Gasteiger partial charge in [0.25, 0.3) is 0 Å². The predicted octanol–water partition coefficient (Wildman–Crippen LogP) is 11.6. The molecule has 0 atom stereocenters. The minimum atomic E-state index is 0.00733. The Morgan fingerprint density at radius 3 is 1.56 bits per heavy atom. The quantitative estimate of drug-likeness (QED) is 0.112. The van der Waals surface area contributed by atoms with Gasteiger partial charge in [-0.2, -0.15) is 12.6 Å². The largest absolute Gasteiger partial charge is 0.289 e. The van der Waals surface area contributed by atoms with Gasteiger partial charge in [0.2, 0.25) is 0 Å². The summed E-state index contributed by atoms with van der Waals surface area (Å²) in [5, 5.41) is 5.46. The first-order valence-corrected chi connectivity index (χ1v) is 16.9. The maximum atomic E-state index is 12.5. The molecule has 212 valence electrons. The van der Waals surface area contributed by atoms with Gasteiger partial charge >= 0.3 is 0 Å². The average molecular weight is 678 g/mol. The van der Waals surface area contributed by atoms with Crippen LogP contribution in [0.5, 0.6) is 0 Å². The van der Waals surface area contributed by atoms with Crippen molar-refractivity contribution >= 4 is 122 Å². The summed E-state index contributed by atoms with van der Waals surface area (Å²) in [5.74, 6) is 0. The highest BCUT2D eigenvalue weighted by Gasteiger charge is 2.13. The van der Waals surface area contributed by atoms with Crippen molar-refractivity contribution in [3.63, 3.8) is 0 Å². The second-order valence-corrected chi connectivity index (χ2v) is 15.5. The number of benzene rings is 4. The highest BCUT2D eigenvalue weighted by molar-refractivity contribution is 8.00. The van der Waals surface area contributed by atoms with E-state index in [0.717, 1.165) is 34.5 Å². The Hall–Kier alpha value is -1.77. The topological polar surface area (TPSA) is 34.1 Å². The minimum absolute atomic E-state index is 0.00733. The maximum absolute atomic E-state index is 12.5. The molecule has 0 amide bonds. The van der Waals surface area contributed by atoms with Gasteiger partial charge in [-0.05, 0) is 53.8 Å². The van der Waals surface area contributed by atoms with Gasteiger partial charge in [0.05, 0.1) is 24.5 Å². The van der Waals surface area contributed by atoms with Crippen LogP contribution in [0.2, 0.25) is 15.1 Å². The molecule has 0 fully saturated rings. The fraction of sp³-hybridized carbons (Fsp3) is 0.188. The summed E-state index contributed by atoms with van der Waals surface area (Å²) in [6, 6.07) is 22.4. The molecule has 9 heteroatoms. The van der Waals surface area contributed by atoms with Gasteiger partial charge in [-0.15, -0.1) is 34.4 Å². The normalized spacial score (nSPS) is 11.2. The maximum Gasteiger partial charge on any atom is 0.195 e. The number of thioether (sulfide) groups is 1. The average Bonchev–Trinajstić information content (AvgIpc) is 2.93. The molecule has 41 heavy (non-hydrogen) atoms. The molecule has 2 aromatic heterocycles. The van der Waals surface area contributed by atoms with Crippen LogP contribution in [0, 0.1) is 0 Å². The monoisotopic (exact) mass is 676 g/mol. The Labute approximate surface area is 271 Å². The molecule has 0 saturated heterocycles. The molecule has 4 aromatic carbocycles. The highest BCUT2D eigenvalue weighted by Crippen LogP contribution is 2.38. The van der Waals surface area contributed by atoms with Crippen molar-refractivity contribution in [3.05, 3.63) is 108 Å². The third-order valence-electron chi connectivity index (χ3n) is 5.65. The molecular formula is C32H27Cl3O2S4. The van der Waals surface area contributed by atoms with Crippen LogP contribution in [0.3, 0.4) is 0 Å². The van der Waals surface area contributed by atoms with Gasteiger partial charge in [0.15, 0.2) is 10.9 Å². The van der Waals surface area contributed by atoms with Crippen LogP contribution in [-0.4, -0.2) is 10.5 Å². The lowest BCUT2D eigenvalue weighted by atomic mass is 10.2. The van der Waals surface area contributed by atoms with Crippen molar-refractivity contribution in [2.24, 2.45) is 0 Å². The lowest BCUT2D eigenvalue weighted by Gasteiger charge is -2.09. The Morgan fingerprint density at radius 2 is 1.07 bits per heavy atom. The molecule has 0 N–H and O–H groups in total. The Balaban J connectivity index is 0.000000169. The zero-order valence-corrected chi connectivity index (χ0v) is 28.3. The number of hydrogen-bond donors (Lipinski definition) is 1. The molecule has 0 aliphatic rings. The Morgan fingerprint density at radius 1 is 0.634 bits per heavy atom. The van der Waals surface area contributed by atoms with E-state index in [1.807, 2.05) is 74.5 Å². The van der Waals surface area contributed by atoms with E-state index >= 15 is 0 Å². The third kappa shape index (κ3) is 7.42. The van der Waals surface area contributed by atoms with Crippen LogP contribution in [0.15, 0.2) is 87.3 Å². The van der Waals surface area contributed by atoms with E-state index < -0.39 is 0 Å². The van der Waals surface area contributed by atoms with Crippen LogP contribution in [-0.2, 0) is 0 Å². The van der Waals surface area contributed by atoms with Crippen LogP contribution < -0.4 is 10.9 Å². The number of rotatable bonds is 2. The number of thiol groups is 1. The summed E-state index contributed by atoms with van der Waals surface area (Å²) in [6.45, 7) is 8.33. The first kappa shape index (κ1) is 32.2. The first-order chi connectivity index (χ1) is 19.5. The third-order valence-corrected chi connectivity index (χ3v) is 10.7. The first-order valence-electron chi connectivity index (χ1n) is 12.8. The van der Waals surface area contributed by atoms with Crippen LogP contribution in [0.1, 0.15) is 27.7 Å². The molecular weight excluding hydrogens is 651 g/mol. The predicted molar refractivity (Wildman–Crippen MR) is 191 cm³/mol. The smallest absolute Gasteiger partial charge is 0.195 e. The molecule has 6 rings (SSSR count). The van der Waals surface area contributed by atoms with Gasteiger partial charge < -0.3 is 0 Å². The van der Waals surface area contributed by atoms with Crippen molar-refractivity contribution < 1.29 is 0 Å². The fourth-order valence-corrected chi connectivity index (χ4v) is 8.02. The molecule has 6 aromatic rings. The SMILES string of the molecule is CC(C)S.CC(C)Sc1ccc2c(=O)c3ccccc3sc2c1Cl.O=c1c2ccccc2sc2c(Cl)c(Cl)ccc12. The Kier molecular flexibility index (Phi) is 11.1. The van der Waals surface area contributed by atoms with E-state index in [9.17, 15) is 9.59 Å². The van der Waals surface area contributed by atoms with Crippen molar-refractivity contribution in [2.45, 2.75) is 43.1 Å². The molecule has 0 spiro atoms. The molecule has 2 nitrogen and oxygen atoms in total. The van der Waals surface area contributed by atoms with E-state index in [0.29, 0.717) is 36.3 Å². The summed E-state index contributed by atoms with van der Waals surface area (Å²) >= 11 is 27.4. The van der Waals surface area contributed by atoms with Crippen LogP contribution in [0.4, 0.5) is 0 Å². The standard InChI is InChI=1S/C16H13ClOS2.C13H6Cl2OS.C3H8S/c1-9(2)19-13-8-7-11-15(18)10-5-3-4-6-12(10)20-16(11)14(13)17;14-9-6-5-8-12(16)7-3-1-2-4-10(7)17-13(8)11(9)15;1-3(2)4/h3-9H,1-2H3;1-6H;3-4H,1-2H3. The molecule has 0 aliphatic heterocycles. The molecule has 0 bridgehead atoms. The second-order valence-electron chi connectivity index (χ2n) is 9.61. The second kappa shape index (κ2) is 14.1. The van der Waals surface area contributed by atoms with Gasteiger partial charge in [0.1, 0.15) is 0 Å². The molecule has 2 heterocycles. The lowest BCUT2D eigenvalue weighted by molar-refractivity contribution is 1.11. The summed E-state index contributed by atoms with van der Waals surface area (Å²) in [6.07, 6.45) is 0. The van der Waals surface area contributed by atoms with Crippen molar-refractivity contribution in [3.8, 4) is 0 Å². The van der Waals surface area contributed by atoms with Crippen LogP contribution >= 0.6 is 81.9 Å². The van der Waals surface area contributed by atoms with Crippen molar-refractivity contribution in [1.82, 2.24) is 0 Å². The van der Waals surface area contributed by atoms with E-state index in [4.69, 9.17) is 34.8 Å².